The molecule has 0 bridgehead atoms. The normalized spacial score (nSPS) is 15.6. The highest BCUT2D eigenvalue weighted by atomic mass is 35.5. The van der Waals surface area contributed by atoms with Gasteiger partial charge < -0.3 is 18.9 Å². The van der Waals surface area contributed by atoms with Crippen molar-refractivity contribution < 1.29 is 33.3 Å². The van der Waals surface area contributed by atoms with Gasteiger partial charge in [-0.1, -0.05) is 23.7 Å². The Morgan fingerprint density at radius 2 is 1.74 bits per heavy atom. The summed E-state index contributed by atoms with van der Waals surface area (Å²) in [4.78, 5) is 39.4. The molecule has 9 nitrogen and oxygen atoms in total. The Kier molecular flexibility index (Phi) is 6.69. The number of barbiturate groups is 1. The second-order valence-electron chi connectivity index (χ2n) is 8.81. The van der Waals surface area contributed by atoms with E-state index in [1.807, 2.05) is 32.0 Å². The third-order valence-corrected chi connectivity index (χ3v) is 6.23. The molecule has 0 spiro atoms. The summed E-state index contributed by atoms with van der Waals surface area (Å²) in [5, 5.41) is 2.44. The van der Waals surface area contributed by atoms with Crippen molar-refractivity contribution in [3.05, 3.63) is 81.4 Å². The average Bonchev–Trinajstić information content (AvgIpc) is 3.33. The molecule has 3 aromatic rings. The Morgan fingerprint density at radius 3 is 2.47 bits per heavy atom. The van der Waals surface area contributed by atoms with E-state index in [2.05, 4.69) is 5.32 Å². The van der Waals surface area contributed by atoms with Gasteiger partial charge in [-0.15, -0.1) is 0 Å². The number of ether oxygens (including phenoxy) is 4. The molecule has 1 fully saturated rings. The number of fused-ring (bicyclic) bond motifs is 1. The quantitative estimate of drug-likeness (QED) is 0.353. The summed E-state index contributed by atoms with van der Waals surface area (Å²) in [5.74, 6) is 0.341. The topological polar surface area (TPSA) is 103 Å². The number of carbonyl (C=O) groups is 3. The number of methoxy groups -OCH3 is 1. The molecular formula is C28H23ClN2O7. The second-order valence-corrected chi connectivity index (χ2v) is 9.22. The first-order valence-corrected chi connectivity index (χ1v) is 12.0. The number of hydrogen-bond donors (Lipinski definition) is 1. The van der Waals surface area contributed by atoms with Crippen molar-refractivity contribution >= 4 is 41.2 Å². The van der Waals surface area contributed by atoms with Crippen molar-refractivity contribution in [3.63, 3.8) is 0 Å². The molecule has 0 radical (unpaired) electrons. The lowest BCUT2D eigenvalue weighted by molar-refractivity contribution is -0.122. The van der Waals surface area contributed by atoms with Gasteiger partial charge in [-0.25, -0.2) is 9.69 Å². The van der Waals surface area contributed by atoms with Crippen LogP contribution in [0.5, 0.6) is 23.0 Å². The Bertz CT molecular complexity index is 1500. The summed E-state index contributed by atoms with van der Waals surface area (Å²) in [7, 11) is 1.45. The van der Waals surface area contributed by atoms with E-state index in [4.69, 9.17) is 30.5 Å². The van der Waals surface area contributed by atoms with Gasteiger partial charge in [-0.2, -0.15) is 0 Å². The van der Waals surface area contributed by atoms with Gasteiger partial charge >= 0.3 is 6.03 Å². The van der Waals surface area contributed by atoms with Gasteiger partial charge in [-0.3, -0.25) is 14.9 Å². The number of nitrogens with one attached hydrogen (secondary N) is 1. The van der Waals surface area contributed by atoms with E-state index in [1.54, 1.807) is 30.3 Å². The number of carbonyl (C=O) groups excluding carboxylic acids is 3. The highest BCUT2D eigenvalue weighted by Gasteiger charge is 2.37. The maximum absolute atomic E-state index is 13.3. The number of hydrogen-bond acceptors (Lipinski definition) is 7. The molecule has 38 heavy (non-hydrogen) atoms. The molecule has 4 amide bonds. The highest BCUT2D eigenvalue weighted by molar-refractivity contribution is 6.39. The smallest absolute Gasteiger partial charge is 0.335 e. The SMILES string of the molecule is COc1cc(/C=C2\C(=O)NC(=O)N(c3cc(C)cc(C)c3)C2=O)cc(Cl)c1OCc1ccc2c(c1)OCO2. The Labute approximate surface area is 223 Å². The summed E-state index contributed by atoms with van der Waals surface area (Å²) in [6.07, 6.45) is 1.36. The number of imide groups is 2. The van der Waals surface area contributed by atoms with Gasteiger partial charge in [0.2, 0.25) is 6.79 Å². The van der Waals surface area contributed by atoms with Crippen LogP contribution in [0, 0.1) is 13.8 Å². The molecule has 2 heterocycles. The monoisotopic (exact) mass is 534 g/mol. The van der Waals surface area contributed by atoms with Crippen LogP contribution in [-0.2, 0) is 16.2 Å². The van der Waals surface area contributed by atoms with Crippen LogP contribution in [0.15, 0.2) is 54.1 Å². The molecule has 0 saturated carbocycles. The Balaban J connectivity index is 1.42. The van der Waals surface area contributed by atoms with Crippen molar-refractivity contribution in [1.29, 1.82) is 0 Å². The summed E-state index contributed by atoms with van der Waals surface area (Å²) in [6.45, 7) is 4.07. The molecule has 0 unspecified atom stereocenters. The summed E-state index contributed by atoms with van der Waals surface area (Å²) >= 11 is 6.52. The van der Waals surface area contributed by atoms with Crippen LogP contribution in [0.4, 0.5) is 10.5 Å². The van der Waals surface area contributed by atoms with E-state index in [9.17, 15) is 14.4 Å². The molecule has 0 atom stereocenters. The van der Waals surface area contributed by atoms with Crippen LogP contribution in [0.1, 0.15) is 22.3 Å². The molecule has 0 aliphatic carbocycles. The van der Waals surface area contributed by atoms with Gasteiger partial charge in [0.15, 0.2) is 23.0 Å². The number of nitrogens with zero attached hydrogens (tertiary/aromatic N) is 1. The zero-order valence-electron chi connectivity index (χ0n) is 20.8. The Hall–Kier alpha value is -4.50. The standard InChI is InChI=1S/C28H23ClN2O7/c1-15-6-16(2)8-19(7-15)31-27(33)20(26(32)30-28(31)34)9-18-10-21(29)25(24(12-18)35-3)36-13-17-4-5-22-23(11-17)38-14-37-22/h4-12H,13-14H2,1-3H3,(H,30,32,34)/b20-9+. The third kappa shape index (κ3) is 4.88. The van der Waals surface area contributed by atoms with Gasteiger partial charge in [0.05, 0.1) is 17.8 Å². The lowest BCUT2D eigenvalue weighted by Crippen LogP contribution is -2.54. The number of urea groups is 1. The van der Waals surface area contributed by atoms with Gasteiger partial charge in [-0.05, 0) is 78.6 Å². The predicted octanol–water partition coefficient (Wildman–Crippen LogP) is 4.94. The first kappa shape index (κ1) is 25.2. The minimum Gasteiger partial charge on any atom is -0.493 e. The fourth-order valence-electron chi connectivity index (χ4n) is 4.29. The zero-order chi connectivity index (χ0) is 27.0. The molecule has 3 aromatic carbocycles. The molecule has 194 valence electrons. The Morgan fingerprint density at radius 1 is 1.00 bits per heavy atom. The highest BCUT2D eigenvalue weighted by Crippen LogP contribution is 2.39. The van der Waals surface area contributed by atoms with E-state index in [1.165, 1.54) is 13.2 Å². The van der Waals surface area contributed by atoms with Crippen molar-refractivity contribution in [2.45, 2.75) is 20.5 Å². The minimum absolute atomic E-state index is 0.174. The second kappa shape index (κ2) is 10.1. The summed E-state index contributed by atoms with van der Waals surface area (Å²) < 4.78 is 22.1. The number of aryl methyl sites for hydroxylation is 2. The fourth-order valence-corrected chi connectivity index (χ4v) is 4.56. The van der Waals surface area contributed by atoms with Crippen LogP contribution >= 0.6 is 11.6 Å². The molecular weight excluding hydrogens is 512 g/mol. The molecule has 1 N–H and O–H groups in total. The van der Waals surface area contributed by atoms with E-state index in [-0.39, 0.29) is 24.0 Å². The number of benzene rings is 3. The van der Waals surface area contributed by atoms with Crippen LogP contribution in [0.25, 0.3) is 6.08 Å². The van der Waals surface area contributed by atoms with E-state index < -0.39 is 17.8 Å². The van der Waals surface area contributed by atoms with Crippen molar-refractivity contribution in [3.8, 4) is 23.0 Å². The fraction of sp³-hybridized carbons (Fsp3) is 0.179. The largest absolute Gasteiger partial charge is 0.493 e. The lowest BCUT2D eigenvalue weighted by atomic mass is 10.0. The maximum Gasteiger partial charge on any atom is 0.335 e. The van der Waals surface area contributed by atoms with Gasteiger partial charge in [0.1, 0.15) is 12.2 Å². The van der Waals surface area contributed by atoms with Gasteiger partial charge in [0, 0.05) is 0 Å². The predicted molar refractivity (Wildman–Crippen MR) is 140 cm³/mol. The number of halogens is 1. The zero-order valence-corrected chi connectivity index (χ0v) is 21.5. The van der Waals surface area contributed by atoms with Crippen molar-refractivity contribution in [1.82, 2.24) is 5.32 Å². The molecule has 2 aliphatic rings. The molecule has 0 aromatic heterocycles. The van der Waals surface area contributed by atoms with Crippen molar-refractivity contribution in [2.24, 2.45) is 0 Å². The average molecular weight is 535 g/mol. The maximum atomic E-state index is 13.3. The molecule has 10 heteroatoms. The first-order chi connectivity index (χ1) is 18.2. The lowest BCUT2D eigenvalue weighted by Gasteiger charge is -2.27. The van der Waals surface area contributed by atoms with Crippen LogP contribution < -0.4 is 29.2 Å². The molecule has 1 saturated heterocycles. The van der Waals surface area contributed by atoms with Crippen LogP contribution in [-0.4, -0.2) is 31.7 Å². The molecule has 2 aliphatic heterocycles. The van der Waals surface area contributed by atoms with Crippen LogP contribution in [0.2, 0.25) is 5.02 Å². The van der Waals surface area contributed by atoms with E-state index in [0.29, 0.717) is 34.2 Å². The van der Waals surface area contributed by atoms with Crippen LogP contribution in [0.3, 0.4) is 0 Å². The number of rotatable bonds is 6. The van der Waals surface area contributed by atoms with Crippen molar-refractivity contribution in [2.75, 3.05) is 18.8 Å². The number of anilines is 1. The first-order valence-electron chi connectivity index (χ1n) is 11.6. The minimum atomic E-state index is -0.815. The summed E-state index contributed by atoms with van der Waals surface area (Å²) in [6, 6.07) is 13.1. The van der Waals surface area contributed by atoms with E-state index >= 15 is 0 Å². The van der Waals surface area contributed by atoms with Gasteiger partial charge in [0.25, 0.3) is 11.8 Å². The summed E-state index contributed by atoms with van der Waals surface area (Å²) in [5.41, 5.74) is 3.13. The molecule has 5 rings (SSSR count). The third-order valence-electron chi connectivity index (χ3n) is 5.95. The number of amides is 4. The van der Waals surface area contributed by atoms with E-state index in [0.717, 1.165) is 21.6 Å².